The van der Waals surface area contributed by atoms with Crippen LogP contribution in [0.4, 0.5) is 10.1 Å². The standard InChI is InChI=1S/C23H21FN2O2S/c1-16-7-10-20(11-8-16)29(27,28)25-22-6-4-3-5-17(22)13-18-15-26(2)23-14-19(24)9-12-21(18)23/h3-12,14-15,25H,13H2,1-2H3. The first-order valence-corrected chi connectivity index (χ1v) is 10.7. The maximum Gasteiger partial charge on any atom is 0.261 e. The van der Waals surface area contributed by atoms with Gasteiger partial charge in [0.2, 0.25) is 0 Å². The van der Waals surface area contributed by atoms with Crippen LogP contribution in [0.3, 0.4) is 0 Å². The van der Waals surface area contributed by atoms with E-state index in [-0.39, 0.29) is 10.7 Å². The first-order valence-electron chi connectivity index (χ1n) is 9.24. The number of hydrogen-bond donors (Lipinski definition) is 1. The third kappa shape index (κ3) is 3.89. The lowest BCUT2D eigenvalue weighted by molar-refractivity contribution is 0.601. The zero-order chi connectivity index (χ0) is 20.6. The summed E-state index contributed by atoms with van der Waals surface area (Å²) in [6, 6.07) is 18.8. The summed E-state index contributed by atoms with van der Waals surface area (Å²) >= 11 is 0. The molecule has 0 amide bonds. The van der Waals surface area contributed by atoms with Crippen LogP contribution in [0.5, 0.6) is 0 Å². The predicted molar refractivity (Wildman–Crippen MR) is 114 cm³/mol. The number of fused-ring (bicyclic) bond motifs is 1. The number of nitrogens with zero attached hydrogens (tertiary/aromatic N) is 1. The van der Waals surface area contributed by atoms with Gasteiger partial charge in [-0.2, -0.15) is 0 Å². The molecule has 0 fully saturated rings. The van der Waals surface area contributed by atoms with Crippen molar-refractivity contribution in [3.05, 3.63) is 95.4 Å². The summed E-state index contributed by atoms with van der Waals surface area (Å²) in [6.07, 6.45) is 2.48. The van der Waals surface area contributed by atoms with Crippen LogP contribution in [0.2, 0.25) is 0 Å². The van der Waals surface area contributed by atoms with Gasteiger partial charge in [-0.25, -0.2) is 12.8 Å². The monoisotopic (exact) mass is 408 g/mol. The molecule has 0 aliphatic rings. The van der Waals surface area contributed by atoms with Crippen molar-refractivity contribution in [1.82, 2.24) is 4.57 Å². The molecule has 0 aliphatic carbocycles. The lowest BCUT2D eigenvalue weighted by Gasteiger charge is -2.13. The first-order chi connectivity index (χ1) is 13.8. The Morgan fingerprint density at radius 3 is 2.45 bits per heavy atom. The highest BCUT2D eigenvalue weighted by Gasteiger charge is 2.17. The fourth-order valence-corrected chi connectivity index (χ4v) is 4.58. The number of anilines is 1. The normalized spacial score (nSPS) is 11.7. The molecule has 29 heavy (non-hydrogen) atoms. The van der Waals surface area contributed by atoms with E-state index in [9.17, 15) is 12.8 Å². The Labute approximate surface area is 169 Å². The van der Waals surface area contributed by atoms with Gasteiger partial charge in [0.1, 0.15) is 5.82 Å². The summed E-state index contributed by atoms with van der Waals surface area (Å²) in [4.78, 5) is 0.221. The van der Waals surface area contributed by atoms with Gasteiger partial charge in [-0.1, -0.05) is 35.9 Å². The lowest BCUT2D eigenvalue weighted by Crippen LogP contribution is -2.14. The molecule has 0 saturated heterocycles. The van der Waals surface area contributed by atoms with Crippen molar-refractivity contribution in [1.29, 1.82) is 0 Å². The molecule has 0 radical (unpaired) electrons. The number of halogens is 1. The van der Waals surface area contributed by atoms with E-state index in [4.69, 9.17) is 0 Å². The molecule has 1 aromatic heterocycles. The number of hydrogen-bond acceptors (Lipinski definition) is 2. The molecule has 0 spiro atoms. The van der Waals surface area contributed by atoms with Crippen molar-refractivity contribution in [3.8, 4) is 0 Å². The third-order valence-corrected chi connectivity index (χ3v) is 6.39. The molecule has 4 nitrogen and oxygen atoms in total. The summed E-state index contributed by atoms with van der Waals surface area (Å²) < 4.78 is 43.8. The molecule has 0 unspecified atom stereocenters. The number of aryl methyl sites for hydroxylation is 2. The van der Waals surface area contributed by atoms with Gasteiger partial charge in [-0.05, 0) is 54.4 Å². The number of aromatic nitrogens is 1. The van der Waals surface area contributed by atoms with Crippen LogP contribution in [-0.4, -0.2) is 13.0 Å². The van der Waals surface area contributed by atoms with Gasteiger partial charge in [-0.3, -0.25) is 4.72 Å². The fourth-order valence-electron chi connectivity index (χ4n) is 3.48. The highest BCUT2D eigenvalue weighted by Crippen LogP contribution is 2.28. The average Bonchev–Trinajstić information content (AvgIpc) is 2.98. The van der Waals surface area contributed by atoms with Crippen LogP contribution in [0.15, 0.2) is 77.8 Å². The van der Waals surface area contributed by atoms with Crippen LogP contribution < -0.4 is 4.72 Å². The van der Waals surface area contributed by atoms with Gasteiger partial charge in [0, 0.05) is 25.1 Å². The Balaban J connectivity index is 1.68. The van der Waals surface area contributed by atoms with Gasteiger partial charge in [-0.15, -0.1) is 0 Å². The molecular formula is C23H21FN2O2S. The smallest absolute Gasteiger partial charge is 0.261 e. The van der Waals surface area contributed by atoms with E-state index >= 15 is 0 Å². The van der Waals surface area contributed by atoms with Gasteiger partial charge >= 0.3 is 0 Å². The molecule has 6 heteroatoms. The first kappa shape index (κ1) is 19.2. The molecule has 1 heterocycles. The lowest BCUT2D eigenvalue weighted by atomic mass is 10.0. The SMILES string of the molecule is Cc1ccc(S(=O)(=O)Nc2ccccc2Cc2cn(C)c3cc(F)ccc23)cc1. The highest BCUT2D eigenvalue weighted by atomic mass is 32.2. The van der Waals surface area contributed by atoms with Crippen LogP contribution in [0.1, 0.15) is 16.7 Å². The van der Waals surface area contributed by atoms with E-state index in [1.807, 2.05) is 36.9 Å². The molecule has 0 bridgehead atoms. The number of rotatable bonds is 5. The minimum Gasteiger partial charge on any atom is -0.350 e. The summed E-state index contributed by atoms with van der Waals surface area (Å²) in [5, 5.41) is 0.949. The molecule has 0 saturated carbocycles. The van der Waals surface area contributed by atoms with Crippen molar-refractivity contribution in [2.24, 2.45) is 7.05 Å². The Morgan fingerprint density at radius 1 is 0.966 bits per heavy atom. The Kier molecular flexibility index (Phi) is 4.88. The molecule has 0 aliphatic heterocycles. The van der Waals surface area contributed by atoms with E-state index in [0.29, 0.717) is 12.1 Å². The highest BCUT2D eigenvalue weighted by molar-refractivity contribution is 7.92. The van der Waals surface area contributed by atoms with Gasteiger partial charge < -0.3 is 4.57 Å². The van der Waals surface area contributed by atoms with E-state index in [1.165, 1.54) is 12.1 Å². The average molecular weight is 408 g/mol. The van der Waals surface area contributed by atoms with Crippen molar-refractivity contribution < 1.29 is 12.8 Å². The molecule has 1 N–H and O–H groups in total. The van der Waals surface area contributed by atoms with Gasteiger partial charge in [0.15, 0.2) is 0 Å². The fraction of sp³-hybridized carbons (Fsp3) is 0.130. The van der Waals surface area contributed by atoms with E-state index in [2.05, 4.69) is 4.72 Å². The van der Waals surface area contributed by atoms with Crippen LogP contribution in [0, 0.1) is 12.7 Å². The topological polar surface area (TPSA) is 51.1 Å². The summed E-state index contributed by atoms with van der Waals surface area (Å²) in [6.45, 7) is 1.91. The summed E-state index contributed by atoms with van der Waals surface area (Å²) in [7, 11) is -1.82. The van der Waals surface area contributed by atoms with Crippen molar-refractivity contribution in [3.63, 3.8) is 0 Å². The minimum absolute atomic E-state index is 0.221. The van der Waals surface area contributed by atoms with Gasteiger partial charge in [0.05, 0.1) is 16.1 Å². The molecule has 148 valence electrons. The maximum absolute atomic E-state index is 13.6. The maximum atomic E-state index is 13.6. The second kappa shape index (κ2) is 7.37. The number of nitrogens with one attached hydrogen (secondary N) is 1. The van der Waals surface area contributed by atoms with E-state index in [0.717, 1.165) is 27.6 Å². The summed E-state index contributed by atoms with van der Waals surface area (Å²) in [5.74, 6) is -0.281. The summed E-state index contributed by atoms with van der Waals surface area (Å²) in [5.41, 5.74) is 4.19. The van der Waals surface area contributed by atoms with Crippen LogP contribution in [0.25, 0.3) is 10.9 Å². The molecular weight excluding hydrogens is 387 g/mol. The Bertz CT molecular complexity index is 1290. The number of para-hydroxylation sites is 1. The second-order valence-electron chi connectivity index (χ2n) is 7.18. The number of sulfonamides is 1. The second-order valence-corrected chi connectivity index (χ2v) is 8.86. The Hall–Kier alpha value is -3.12. The van der Waals surface area contributed by atoms with E-state index in [1.54, 1.807) is 42.5 Å². The number of benzene rings is 3. The van der Waals surface area contributed by atoms with Crippen LogP contribution in [-0.2, 0) is 23.5 Å². The van der Waals surface area contributed by atoms with Crippen molar-refractivity contribution in [2.75, 3.05) is 4.72 Å². The van der Waals surface area contributed by atoms with Crippen molar-refractivity contribution in [2.45, 2.75) is 18.2 Å². The third-order valence-electron chi connectivity index (χ3n) is 5.01. The largest absolute Gasteiger partial charge is 0.350 e. The van der Waals surface area contributed by atoms with Gasteiger partial charge in [0.25, 0.3) is 10.0 Å². The molecule has 3 aromatic carbocycles. The quantitative estimate of drug-likeness (QED) is 0.504. The zero-order valence-electron chi connectivity index (χ0n) is 16.2. The molecule has 4 aromatic rings. The Morgan fingerprint density at radius 2 is 1.69 bits per heavy atom. The predicted octanol–water partition coefficient (Wildman–Crippen LogP) is 5.02. The zero-order valence-corrected chi connectivity index (χ0v) is 17.0. The van der Waals surface area contributed by atoms with Crippen LogP contribution >= 0.6 is 0 Å². The minimum atomic E-state index is -3.69. The molecule has 4 rings (SSSR count). The molecule has 0 atom stereocenters. The van der Waals surface area contributed by atoms with Crippen molar-refractivity contribution >= 4 is 26.6 Å². The van der Waals surface area contributed by atoms with E-state index < -0.39 is 10.0 Å².